The number of carbonyl (C=O) groups excluding carboxylic acids is 6. The first-order valence-corrected chi connectivity index (χ1v) is 18.8. The van der Waals surface area contributed by atoms with Crippen LogP contribution in [-0.2, 0) is 33.6 Å². The van der Waals surface area contributed by atoms with Gasteiger partial charge in [0.2, 0.25) is 35.2 Å². The Morgan fingerprint density at radius 3 is 1.96 bits per heavy atom. The van der Waals surface area contributed by atoms with Gasteiger partial charge in [0.05, 0.1) is 18.2 Å². The number of aliphatic hydroxyl groups is 1. The van der Waals surface area contributed by atoms with E-state index < -0.39 is 83.9 Å². The molecular formula is C33H58N6O9S. The number of aliphatic carboxylic acids is 1. The number of hydrogen-bond donors (Lipinski definition) is 8. The normalized spacial score (nSPS) is 25.9. The van der Waals surface area contributed by atoms with Crippen LogP contribution in [0.3, 0.4) is 0 Å². The molecule has 0 aromatic carbocycles. The summed E-state index contributed by atoms with van der Waals surface area (Å²) in [6.07, 6.45) is 6.91. The van der Waals surface area contributed by atoms with Crippen molar-refractivity contribution in [1.29, 1.82) is 0 Å². The molecule has 0 aliphatic carbocycles. The number of unbranched alkanes of at least 4 members (excludes halogenated alkanes) is 1. The van der Waals surface area contributed by atoms with Crippen LogP contribution in [-0.4, -0.2) is 113 Å². The molecule has 6 atom stereocenters. The molecule has 49 heavy (non-hydrogen) atoms. The highest BCUT2D eigenvalue weighted by Crippen LogP contribution is 2.11. The Labute approximate surface area is 293 Å². The molecular weight excluding hydrogens is 656 g/mol. The van der Waals surface area contributed by atoms with Gasteiger partial charge in [-0.1, -0.05) is 32.1 Å². The van der Waals surface area contributed by atoms with Crippen LogP contribution < -0.4 is 32.3 Å². The lowest BCUT2D eigenvalue weighted by Crippen LogP contribution is -2.59. The van der Waals surface area contributed by atoms with Crippen molar-refractivity contribution in [3.63, 3.8) is 0 Å². The zero-order valence-electron chi connectivity index (χ0n) is 29.2. The summed E-state index contributed by atoms with van der Waals surface area (Å²) >= 11 is 1.44. The number of hydrogen-bond acceptors (Lipinski definition) is 11. The molecule has 280 valence electrons. The predicted molar refractivity (Wildman–Crippen MR) is 187 cm³/mol. The summed E-state index contributed by atoms with van der Waals surface area (Å²) in [7, 11) is 0. The highest BCUT2D eigenvalue weighted by molar-refractivity contribution is 7.98. The van der Waals surface area contributed by atoms with Gasteiger partial charge in [0.25, 0.3) is 0 Å². The lowest BCUT2D eigenvalue weighted by molar-refractivity contribution is -0.140. The fraction of sp³-hybridized carbons (Fsp3) is 0.788. The molecule has 1 fully saturated rings. The molecule has 1 saturated heterocycles. The highest BCUT2D eigenvalue weighted by Gasteiger charge is 2.34. The van der Waals surface area contributed by atoms with Gasteiger partial charge in [-0.3, -0.25) is 33.6 Å². The second-order valence-electron chi connectivity index (χ2n) is 12.6. The van der Waals surface area contributed by atoms with Crippen LogP contribution in [0.5, 0.6) is 0 Å². The van der Waals surface area contributed by atoms with Crippen molar-refractivity contribution >= 4 is 52.9 Å². The zero-order valence-corrected chi connectivity index (χ0v) is 30.0. The summed E-state index contributed by atoms with van der Waals surface area (Å²) in [5.41, 5.74) is 5.64. The predicted octanol–water partition coefficient (Wildman–Crippen LogP) is 0.304. The van der Waals surface area contributed by atoms with Crippen LogP contribution in [0.15, 0.2) is 0 Å². The topological polar surface area (TPSA) is 246 Å². The second kappa shape index (κ2) is 25.0. The number of amides is 4. The fourth-order valence-corrected chi connectivity index (χ4v) is 5.82. The van der Waals surface area contributed by atoms with Crippen LogP contribution in [0.2, 0.25) is 0 Å². The second-order valence-corrected chi connectivity index (χ2v) is 13.6. The summed E-state index contributed by atoms with van der Waals surface area (Å²) in [4.78, 5) is 90.9. The highest BCUT2D eigenvalue weighted by atomic mass is 32.2. The first-order chi connectivity index (χ1) is 23.3. The molecule has 1 rings (SSSR count). The van der Waals surface area contributed by atoms with Crippen LogP contribution >= 0.6 is 11.8 Å². The molecule has 16 heteroatoms. The number of carboxylic acid groups (broad SMARTS) is 1. The Balaban J connectivity index is 3.39. The number of ketones is 2. The van der Waals surface area contributed by atoms with Crippen LogP contribution in [0.1, 0.15) is 104 Å². The number of rotatable bonds is 11. The molecule has 4 amide bonds. The molecule has 9 N–H and O–H groups in total. The third-order valence-electron chi connectivity index (χ3n) is 8.35. The number of nitrogens with two attached hydrogens (primary N) is 1. The van der Waals surface area contributed by atoms with Gasteiger partial charge >= 0.3 is 5.97 Å². The summed E-state index contributed by atoms with van der Waals surface area (Å²) in [6.45, 7) is 3.78. The molecule has 0 radical (unpaired) electrons. The van der Waals surface area contributed by atoms with E-state index in [2.05, 4.69) is 26.6 Å². The first kappa shape index (κ1) is 43.9. The maximum Gasteiger partial charge on any atom is 0.303 e. The largest absolute Gasteiger partial charge is 0.481 e. The van der Waals surface area contributed by atoms with Crippen molar-refractivity contribution in [3.05, 3.63) is 0 Å². The minimum atomic E-state index is -1.44. The summed E-state index contributed by atoms with van der Waals surface area (Å²) < 4.78 is 0. The average molecular weight is 715 g/mol. The van der Waals surface area contributed by atoms with E-state index >= 15 is 0 Å². The van der Waals surface area contributed by atoms with Crippen molar-refractivity contribution in [2.45, 2.75) is 140 Å². The van der Waals surface area contributed by atoms with E-state index in [-0.39, 0.29) is 25.7 Å². The summed E-state index contributed by atoms with van der Waals surface area (Å²) in [6, 6.07) is -5.96. The van der Waals surface area contributed by atoms with E-state index in [0.717, 1.165) is 38.5 Å². The Morgan fingerprint density at radius 2 is 1.37 bits per heavy atom. The minimum Gasteiger partial charge on any atom is -0.481 e. The van der Waals surface area contributed by atoms with E-state index in [1.807, 2.05) is 6.26 Å². The molecule has 0 bridgehead atoms. The number of Topliss-reactive ketones (excluding diaryl/α,β-unsaturated/α-hetero) is 2. The average Bonchev–Trinajstić information content (AvgIpc) is 3.05. The molecule has 1 aliphatic heterocycles. The van der Waals surface area contributed by atoms with Gasteiger partial charge in [-0.25, -0.2) is 0 Å². The van der Waals surface area contributed by atoms with Gasteiger partial charge in [0.15, 0.2) is 0 Å². The summed E-state index contributed by atoms with van der Waals surface area (Å²) in [5, 5.41) is 32.9. The number of carbonyl (C=O) groups is 7. The van der Waals surface area contributed by atoms with Gasteiger partial charge in [-0.15, -0.1) is 0 Å². The Bertz CT molecular complexity index is 1090. The van der Waals surface area contributed by atoms with Gasteiger partial charge in [0.1, 0.15) is 18.1 Å². The minimum absolute atomic E-state index is 0.107. The maximum absolute atomic E-state index is 13.6. The third-order valence-corrected chi connectivity index (χ3v) is 9.00. The van der Waals surface area contributed by atoms with Crippen molar-refractivity contribution in [2.24, 2.45) is 5.73 Å². The monoisotopic (exact) mass is 714 g/mol. The number of aliphatic hydroxyl groups excluding tert-OH is 1. The van der Waals surface area contributed by atoms with Crippen molar-refractivity contribution in [1.82, 2.24) is 26.6 Å². The standard InChI is InChI=1S/C33H58N6O9S/c1-21-29(44)30(45)23(17-20-49-3)36-31(46)24(13-10-11-18-34)37-32(47)25(15-16-27(42)43)38-33(48)28(22(2)40)39-26(41)14-9-7-5-4-6-8-12-19-35-21/h21-25,28,35,40H,4-20,34H2,1-3H3,(H,36,46)(H,37,47)(H,38,48)(H,39,41)(H,42,43)/t21?,22-,23?,24+,25?,28+/m1/s1. The number of nitrogens with one attached hydrogen (secondary N) is 5. The van der Waals surface area contributed by atoms with Crippen molar-refractivity contribution < 1.29 is 43.8 Å². The van der Waals surface area contributed by atoms with Gasteiger partial charge in [-0.05, 0) is 83.9 Å². The fourth-order valence-electron chi connectivity index (χ4n) is 5.35. The zero-order chi connectivity index (χ0) is 36.8. The van der Waals surface area contributed by atoms with Crippen LogP contribution in [0.4, 0.5) is 0 Å². The molecule has 1 aliphatic rings. The molecule has 15 nitrogen and oxygen atoms in total. The molecule has 1 heterocycles. The molecule has 0 aromatic heterocycles. The lowest BCUT2D eigenvalue weighted by Gasteiger charge is -2.27. The third kappa shape index (κ3) is 17.9. The smallest absolute Gasteiger partial charge is 0.303 e. The van der Waals surface area contributed by atoms with E-state index in [1.165, 1.54) is 18.7 Å². The van der Waals surface area contributed by atoms with Gasteiger partial charge in [-0.2, -0.15) is 11.8 Å². The molecule has 0 saturated carbocycles. The van der Waals surface area contributed by atoms with Crippen LogP contribution in [0, 0.1) is 0 Å². The number of carboxylic acids is 1. The van der Waals surface area contributed by atoms with E-state index in [9.17, 15) is 43.8 Å². The van der Waals surface area contributed by atoms with Gasteiger partial charge < -0.3 is 42.5 Å². The Kier molecular flexibility index (Phi) is 22.4. The Morgan fingerprint density at radius 1 is 0.796 bits per heavy atom. The van der Waals surface area contributed by atoms with E-state index in [4.69, 9.17) is 5.73 Å². The van der Waals surface area contributed by atoms with Crippen molar-refractivity contribution in [3.8, 4) is 0 Å². The Hall–Kier alpha value is -3.08. The first-order valence-electron chi connectivity index (χ1n) is 17.4. The maximum atomic E-state index is 13.6. The molecule has 0 aromatic rings. The lowest BCUT2D eigenvalue weighted by atomic mass is 10.00. The van der Waals surface area contributed by atoms with Crippen LogP contribution in [0.25, 0.3) is 0 Å². The van der Waals surface area contributed by atoms with Gasteiger partial charge in [0, 0.05) is 12.8 Å². The van der Waals surface area contributed by atoms with E-state index in [0.29, 0.717) is 38.1 Å². The van der Waals surface area contributed by atoms with Crippen molar-refractivity contribution in [2.75, 3.05) is 25.1 Å². The van der Waals surface area contributed by atoms with E-state index in [1.54, 1.807) is 6.92 Å². The summed E-state index contributed by atoms with van der Waals surface area (Å²) in [5.74, 6) is -5.11. The quantitative estimate of drug-likeness (QED) is 0.106. The number of thioether (sulfide) groups is 1. The molecule has 0 spiro atoms. The SMILES string of the molecule is CSCCC1NC(=O)[C@H](CCCCN)NC(=O)C(CCC(=O)O)NC(=O)[C@H]([C@@H](C)O)NC(=O)CCCCCCCCCNC(C)C(=O)C1=O. The molecule has 3 unspecified atom stereocenters.